The van der Waals surface area contributed by atoms with E-state index in [1.54, 1.807) is 0 Å². The third-order valence-electron chi connectivity index (χ3n) is 2.89. The van der Waals surface area contributed by atoms with E-state index in [0.717, 1.165) is 5.56 Å². The Labute approximate surface area is 129 Å². The van der Waals surface area contributed by atoms with E-state index in [0.29, 0.717) is 31.5 Å². The number of nitrogens with one attached hydrogen (secondary N) is 1. The van der Waals surface area contributed by atoms with Crippen LogP contribution in [0.4, 0.5) is 5.88 Å². The van der Waals surface area contributed by atoms with Gasteiger partial charge in [0, 0.05) is 18.8 Å². The van der Waals surface area contributed by atoms with Gasteiger partial charge in [-0.2, -0.15) is 10.2 Å². The average Bonchev–Trinajstić information content (AvgIpc) is 2.97. The summed E-state index contributed by atoms with van der Waals surface area (Å²) in [6.45, 7) is 5.26. The second-order valence-corrected chi connectivity index (χ2v) is 4.40. The topological polar surface area (TPSA) is 80.3 Å². The fourth-order valence-electron chi connectivity index (χ4n) is 1.93. The van der Waals surface area contributed by atoms with Gasteiger partial charge in [0.1, 0.15) is 6.07 Å². The normalized spacial score (nSPS) is 10.6. The maximum absolute atomic E-state index is 9.18. The Hall–Kier alpha value is -2.36. The Kier molecular flexibility index (Phi) is 5.95. The first kappa shape index (κ1) is 16.0. The van der Waals surface area contributed by atoms with Crippen LogP contribution in [0.3, 0.4) is 0 Å². The smallest absolute Gasteiger partial charge is 0.232 e. The van der Waals surface area contributed by atoms with E-state index in [1.165, 1.54) is 0 Å². The lowest BCUT2D eigenvalue weighted by molar-refractivity contribution is -0.126. The molecule has 0 radical (unpaired) electrons. The first-order valence-electron chi connectivity index (χ1n) is 7.21. The minimum atomic E-state index is -0.396. The molecule has 0 bridgehead atoms. The van der Waals surface area contributed by atoms with E-state index in [4.69, 9.17) is 13.9 Å². The number of rotatable bonds is 8. The van der Waals surface area contributed by atoms with Crippen molar-refractivity contribution < 1.29 is 13.9 Å². The molecule has 0 atom stereocenters. The van der Waals surface area contributed by atoms with E-state index in [-0.39, 0.29) is 5.69 Å². The molecule has 0 saturated carbocycles. The lowest BCUT2D eigenvalue weighted by Gasteiger charge is -2.16. The van der Waals surface area contributed by atoms with E-state index < -0.39 is 6.29 Å². The van der Waals surface area contributed by atoms with Crippen molar-refractivity contribution in [3.63, 3.8) is 0 Å². The second kappa shape index (κ2) is 8.17. The molecule has 1 aromatic carbocycles. The Bertz CT molecular complexity index is 613. The molecule has 0 amide bonds. The fraction of sp³-hybridized carbons (Fsp3) is 0.375. The van der Waals surface area contributed by atoms with Crippen LogP contribution in [0.5, 0.6) is 0 Å². The van der Waals surface area contributed by atoms with Gasteiger partial charge in [-0.1, -0.05) is 18.2 Å². The number of hydrogen-bond donors (Lipinski definition) is 1. The summed E-state index contributed by atoms with van der Waals surface area (Å²) in [5.41, 5.74) is 1.03. The molecule has 0 spiro atoms. The molecule has 1 N–H and O–H groups in total. The fourth-order valence-corrected chi connectivity index (χ4v) is 1.93. The molecule has 0 aliphatic rings. The summed E-state index contributed by atoms with van der Waals surface area (Å²) in [6, 6.07) is 11.5. The number of benzene rings is 1. The molecular formula is C16H19N3O3. The molecule has 2 rings (SSSR count). The number of anilines is 1. The van der Waals surface area contributed by atoms with Gasteiger partial charge in [0.15, 0.2) is 6.29 Å². The van der Waals surface area contributed by atoms with Gasteiger partial charge in [-0.05, 0) is 26.0 Å². The van der Waals surface area contributed by atoms with Crippen LogP contribution in [-0.4, -0.2) is 31.0 Å². The monoisotopic (exact) mass is 301 g/mol. The standard InChI is InChI=1S/C16H19N3O3/c1-3-20-14(21-4-2)11-18-16-13(10-17)19-15(22-16)12-8-6-5-7-9-12/h5-9,14,18H,3-4,11H2,1-2H3. The van der Waals surface area contributed by atoms with E-state index >= 15 is 0 Å². The maximum Gasteiger partial charge on any atom is 0.232 e. The molecule has 0 aliphatic heterocycles. The molecule has 6 heteroatoms. The summed E-state index contributed by atoms with van der Waals surface area (Å²) in [4.78, 5) is 4.20. The molecule has 116 valence electrons. The van der Waals surface area contributed by atoms with E-state index in [9.17, 15) is 5.26 Å². The van der Waals surface area contributed by atoms with Crippen molar-refractivity contribution in [3.05, 3.63) is 36.0 Å². The zero-order valence-electron chi connectivity index (χ0n) is 12.7. The average molecular weight is 301 g/mol. The maximum atomic E-state index is 9.18. The SMILES string of the molecule is CCOC(CNc1oc(-c2ccccc2)nc1C#N)OCC. The van der Waals surface area contributed by atoms with Crippen molar-refractivity contribution in [1.82, 2.24) is 4.98 Å². The minimum Gasteiger partial charge on any atom is -0.419 e. The number of oxazole rings is 1. The second-order valence-electron chi connectivity index (χ2n) is 4.40. The van der Waals surface area contributed by atoms with Crippen molar-refractivity contribution in [3.8, 4) is 17.5 Å². The highest BCUT2D eigenvalue weighted by atomic mass is 16.7. The van der Waals surface area contributed by atoms with Crippen LogP contribution in [0.25, 0.3) is 11.5 Å². The quantitative estimate of drug-likeness (QED) is 0.755. The largest absolute Gasteiger partial charge is 0.419 e. The summed E-state index contributed by atoms with van der Waals surface area (Å²) < 4.78 is 16.5. The first-order chi connectivity index (χ1) is 10.8. The third-order valence-corrected chi connectivity index (χ3v) is 2.89. The van der Waals surface area contributed by atoms with E-state index in [1.807, 2.05) is 50.2 Å². The van der Waals surface area contributed by atoms with Crippen molar-refractivity contribution in [2.75, 3.05) is 25.1 Å². The molecular weight excluding hydrogens is 282 g/mol. The van der Waals surface area contributed by atoms with Gasteiger partial charge in [0.25, 0.3) is 0 Å². The number of ether oxygens (including phenoxy) is 2. The van der Waals surface area contributed by atoms with Crippen LogP contribution in [-0.2, 0) is 9.47 Å². The van der Waals surface area contributed by atoms with Gasteiger partial charge >= 0.3 is 0 Å². The van der Waals surface area contributed by atoms with Crippen LogP contribution in [0.15, 0.2) is 34.7 Å². The third kappa shape index (κ3) is 4.07. The van der Waals surface area contributed by atoms with Crippen LogP contribution in [0.1, 0.15) is 19.5 Å². The van der Waals surface area contributed by atoms with Gasteiger partial charge in [-0.15, -0.1) is 0 Å². The Balaban J connectivity index is 2.11. The van der Waals surface area contributed by atoms with Gasteiger partial charge < -0.3 is 19.2 Å². The zero-order valence-corrected chi connectivity index (χ0v) is 12.7. The minimum absolute atomic E-state index is 0.214. The predicted molar refractivity (Wildman–Crippen MR) is 82.2 cm³/mol. The van der Waals surface area contributed by atoms with Crippen molar-refractivity contribution in [1.29, 1.82) is 5.26 Å². The Morgan fingerprint density at radius 3 is 2.50 bits per heavy atom. The van der Waals surface area contributed by atoms with Crippen molar-refractivity contribution in [2.45, 2.75) is 20.1 Å². The van der Waals surface area contributed by atoms with Gasteiger partial charge in [-0.3, -0.25) is 0 Å². The van der Waals surface area contributed by atoms with Crippen molar-refractivity contribution >= 4 is 5.88 Å². The number of nitriles is 1. The first-order valence-corrected chi connectivity index (χ1v) is 7.21. The molecule has 0 saturated heterocycles. The Morgan fingerprint density at radius 1 is 1.23 bits per heavy atom. The summed E-state index contributed by atoms with van der Waals surface area (Å²) in [5, 5.41) is 12.2. The molecule has 0 aliphatic carbocycles. The van der Waals surface area contributed by atoms with E-state index in [2.05, 4.69) is 10.3 Å². The number of nitrogens with zero attached hydrogens (tertiary/aromatic N) is 2. The molecule has 2 aromatic rings. The molecule has 0 unspecified atom stereocenters. The van der Waals surface area contributed by atoms with Gasteiger partial charge in [0.2, 0.25) is 17.5 Å². The summed E-state index contributed by atoms with van der Waals surface area (Å²) in [7, 11) is 0. The van der Waals surface area contributed by atoms with Crippen molar-refractivity contribution in [2.24, 2.45) is 0 Å². The summed E-state index contributed by atoms with van der Waals surface area (Å²) in [5.74, 6) is 0.731. The molecule has 22 heavy (non-hydrogen) atoms. The van der Waals surface area contributed by atoms with Crippen LogP contribution in [0, 0.1) is 11.3 Å². The molecule has 1 heterocycles. The molecule has 0 fully saturated rings. The number of hydrogen-bond acceptors (Lipinski definition) is 6. The predicted octanol–water partition coefficient (Wildman–Crippen LogP) is 3.02. The van der Waals surface area contributed by atoms with Crippen LogP contribution < -0.4 is 5.32 Å². The molecule has 1 aromatic heterocycles. The van der Waals surface area contributed by atoms with Crippen LogP contribution >= 0.6 is 0 Å². The highest BCUT2D eigenvalue weighted by Gasteiger charge is 2.16. The zero-order chi connectivity index (χ0) is 15.8. The summed E-state index contributed by atoms with van der Waals surface area (Å²) in [6.07, 6.45) is -0.396. The lowest BCUT2D eigenvalue weighted by atomic mass is 10.2. The summed E-state index contributed by atoms with van der Waals surface area (Å²) >= 11 is 0. The lowest BCUT2D eigenvalue weighted by Crippen LogP contribution is -2.26. The number of aromatic nitrogens is 1. The van der Waals surface area contributed by atoms with Crippen LogP contribution in [0.2, 0.25) is 0 Å². The highest BCUT2D eigenvalue weighted by molar-refractivity contribution is 5.58. The van der Waals surface area contributed by atoms with Gasteiger partial charge in [-0.25, -0.2) is 0 Å². The molecule has 6 nitrogen and oxygen atoms in total. The van der Waals surface area contributed by atoms with Gasteiger partial charge in [0.05, 0.1) is 6.54 Å². The Morgan fingerprint density at radius 2 is 1.91 bits per heavy atom. The highest BCUT2D eigenvalue weighted by Crippen LogP contribution is 2.25.